The van der Waals surface area contributed by atoms with Gasteiger partial charge in [0.2, 0.25) is 5.96 Å². The second kappa shape index (κ2) is 6.60. The molecular weight excluding hydrogens is 343 g/mol. The first-order valence-electron chi connectivity index (χ1n) is 9.33. The maximum atomic E-state index is 13.3. The first-order chi connectivity index (χ1) is 12.9. The Bertz CT molecular complexity index is 842. The van der Waals surface area contributed by atoms with Gasteiger partial charge in [0.25, 0.3) is 5.91 Å². The third-order valence-electron chi connectivity index (χ3n) is 5.87. The second-order valence-corrected chi connectivity index (χ2v) is 7.97. The topological polar surface area (TPSA) is 47.9 Å². The highest BCUT2D eigenvalue weighted by Gasteiger charge is 2.42. The molecule has 6 heteroatoms. The molecule has 0 spiro atoms. The van der Waals surface area contributed by atoms with Crippen LogP contribution < -0.4 is 5.32 Å². The number of hydrogen-bond acceptors (Lipinski definition) is 4. The SMILES string of the molecule is CN(C)[C@H]1CN(C2=NC3(C)CC=CC=C3C(=O)N2)C[C@H]1c1ccc(F)cc1. The summed E-state index contributed by atoms with van der Waals surface area (Å²) in [5, 5.41) is 2.98. The first-order valence-corrected chi connectivity index (χ1v) is 9.33. The lowest BCUT2D eigenvalue weighted by molar-refractivity contribution is -0.117. The van der Waals surface area contributed by atoms with Gasteiger partial charge in [-0.15, -0.1) is 0 Å². The number of carbonyl (C=O) groups is 1. The van der Waals surface area contributed by atoms with Gasteiger partial charge in [-0.2, -0.15) is 0 Å². The van der Waals surface area contributed by atoms with Gasteiger partial charge in [-0.3, -0.25) is 10.1 Å². The lowest BCUT2D eigenvalue weighted by atomic mass is 9.84. The van der Waals surface area contributed by atoms with E-state index in [4.69, 9.17) is 4.99 Å². The van der Waals surface area contributed by atoms with Crippen molar-refractivity contribution in [3.05, 3.63) is 59.4 Å². The Morgan fingerprint density at radius 2 is 2.00 bits per heavy atom. The Hall–Kier alpha value is -2.47. The molecule has 1 aromatic carbocycles. The van der Waals surface area contributed by atoms with Crippen molar-refractivity contribution in [3.63, 3.8) is 0 Å². The summed E-state index contributed by atoms with van der Waals surface area (Å²) in [7, 11) is 4.11. The zero-order valence-electron chi connectivity index (χ0n) is 15.9. The summed E-state index contributed by atoms with van der Waals surface area (Å²) < 4.78 is 13.3. The van der Waals surface area contributed by atoms with Crippen molar-refractivity contribution in [2.45, 2.75) is 30.8 Å². The van der Waals surface area contributed by atoms with Crippen molar-refractivity contribution in [2.24, 2.45) is 4.99 Å². The molecule has 1 fully saturated rings. The van der Waals surface area contributed by atoms with Gasteiger partial charge in [0, 0.05) is 30.6 Å². The number of hydrogen-bond donors (Lipinski definition) is 1. The molecule has 2 heterocycles. The van der Waals surface area contributed by atoms with Crippen LogP contribution in [0.15, 0.2) is 53.1 Å². The molecule has 4 rings (SSSR count). The van der Waals surface area contributed by atoms with Crippen molar-refractivity contribution in [3.8, 4) is 0 Å². The first kappa shape index (κ1) is 17.9. The van der Waals surface area contributed by atoms with Crippen LogP contribution in [0, 0.1) is 5.82 Å². The molecule has 1 amide bonds. The van der Waals surface area contributed by atoms with Crippen molar-refractivity contribution >= 4 is 11.9 Å². The van der Waals surface area contributed by atoms with Crippen molar-refractivity contribution in [1.82, 2.24) is 15.1 Å². The van der Waals surface area contributed by atoms with Crippen molar-refractivity contribution in [2.75, 3.05) is 27.2 Å². The number of amides is 1. The molecule has 27 heavy (non-hydrogen) atoms. The minimum absolute atomic E-state index is 0.0708. The molecule has 0 aromatic heterocycles. The minimum Gasteiger partial charge on any atom is -0.340 e. The molecular formula is C21H25FN4O. The number of carbonyl (C=O) groups excluding carboxylic acids is 1. The van der Waals surface area contributed by atoms with Gasteiger partial charge < -0.3 is 9.80 Å². The second-order valence-electron chi connectivity index (χ2n) is 7.97. The molecule has 0 radical (unpaired) electrons. The van der Waals surface area contributed by atoms with Gasteiger partial charge in [0.15, 0.2) is 0 Å². The van der Waals surface area contributed by atoms with Crippen molar-refractivity contribution in [1.29, 1.82) is 0 Å². The lowest BCUT2D eigenvalue weighted by Gasteiger charge is -2.36. The summed E-state index contributed by atoms with van der Waals surface area (Å²) in [6, 6.07) is 6.99. The van der Waals surface area contributed by atoms with Crippen LogP contribution in [-0.4, -0.2) is 60.4 Å². The highest BCUT2D eigenvalue weighted by Crippen LogP contribution is 2.35. The lowest BCUT2D eigenvalue weighted by Crippen LogP contribution is -2.53. The van der Waals surface area contributed by atoms with E-state index in [0.29, 0.717) is 11.5 Å². The van der Waals surface area contributed by atoms with Crippen LogP contribution in [0.25, 0.3) is 0 Å². The molecule has 1 aromatic rings. The van der Waals surface area contributed by atoms with Crippen LogP contribution in [0.3, 0.4) is 0 Å². The van der Waals surface area contributed by atoms with Gasteiger partial charge in [-0.1, -0.05) is 30.4 Å². The van der Waals surface area contributed by atoms with E-state index in [1.807, 2.05) is 31.2 Å². The fourth-order valence-corrected chi connectivity index (χ4v) is 4.28. The summed E-state index contributed by atoms with van der Waals surface area (Å²) in [5.41, 5.74) is 1.31. The molecule has 2 aliphatic heterocycles. The van der Waals surface area contributed by atoms with Gasteiger partial charge in [-0.25, -0.2) is 9.38 Å². The van der Waals surface area contributed by atoms with E-state index in [2.05, 4.69) is 35.3 Å². The van der Waals surface area contributed by atoms with E-state index in [1.54, 1.807) is 0 Å². The Kier molecular flexibility index (Phi) is 4.38. The number of fused-ring (bicyclic) bond motifs is 1. The fourth-order valence-electron chi connectivity index (χ4n) is 4.28. The zero-order valence-corrected chi connectivity index (χ0v) is 15.9. The van der Waals surface area contributed by atoms with E-state index in [9.17, 15) is 9.18 Å². The quantitative estimate of drug-likeness (QED) is 0.871. The Morgan fingerprint density at radius 1 is 1.26 bits per heavy atom. The van der Waals surface area contributed by atoms with Gasteiger partial charge in [0.05, 0.1) is 5.54 Å². The van der Waals surface area contributed by atoms with Crippen molar-refractivity contribution < 1.29 is 9.18 Å². The fraction of sp³-hybridized carbons (Fsp3) is 0.429. The molecule has 1 saturated heterocycles. The van der Waals surface area contributed by atoms with Crippen LogP contribution >= 0.6 is 0 Å². The standard InChI is InChI=1S/C21H25FN4O/c1-21-11-5-4-6-17(21)19(27)23-20(24-21)26-12-16(18(13-26)25(2)3)14-7-9-15(22)10-8-14/h4-10,16,18H,11-13H2,1-3H3,(H,23,24,27)/t16-,18-,21?/m0/s1. The molecule has 142 valence electrons. The van der Waals surface area contributed by atoms with Crippen LogP contribution in [0.1, 0.15) is 24.8 Å². The number of allylic oxidation sites excluding steroid dienone is 2. The smallest absolute Gasteiger partial charge is 0.256 e. The molecule has 5 nitrogen and oxygen atoms in total. The number of nitrogens with zero attached hydrogens (tertiary/aromatic N) is 3. The maximum absolute atomic E-state index is 13.3. The van der Waals surface area contributed by atoms with Gasteiger partial charge in [0.1, 0.15) is 5.82 Å². The summed E-state index contributed by atoms with van der Waals surface area (Å²) in [5.74, 6) is 0.567. The molecule has 3 aliphatic rings. The zero-order chi connectivity index (χ0) is 19.2. The largest absolute Gasteiger partial charge is 0.340 e. The summed E-state index contributed by atoms with van der Waals surface area (Å²) in [6.07, 6.45) is 6.55. The monoisotopic (exact) mass is 368 g/mol. The Morgan fingerprint density at radius 3 is 2.70 bits per heavy atom. The van der Waals surface area contributed by atoms with Gasteiger partial charge in [-0.05, 0) is 45.1 Å². The number of guanidine groups is 1. The van der Waals surface area contributed by atoms with Crippen LogP contribution in [0.4, 0.5) is 4.39 Å². The van der Waals surface area contributed by atoms with Crippen LogP contribution in [0.2, 0.25) is 0 Å². The number of rotatable bonds is 2. The van der Waals surface area contributed by atoms with E-state index in [0.717, 1.165) is 25.1 Å². The normalized spacial score (nSPS) is 30.1. The number of benzene rings is 1. The van der Waals surface area contributed by atoms with Gasteiger partial charge >= 0.3 is 0 Å². The van der Waals surface area contributed by atoms with E-state index < -0.39 is 5.54 Å². The number of halogens is 1. The average molecular weight is 368 g/mol. The predicted octanol–water partition coefficient (Wildman–Crippen LogP) is 2.29. The van der Waals surface area contributed by atoms with Crippen LogP contribution in [-0.2, 0) is 4.79 Å². The third kappa shape index (κ3) is 3.18. The highest BCUT2D eigenvalue weighted by atomic mass is 19.1. The Labute approximate surface area is 159 Å². The number of likely N-dealkylation sites (tertiary alicyclic amines) is 1. The average Bonchev–Trinajstić information content (AvgIpc) is 3.07. The molecule has 0 bridgehead atoms. The maximum Gasteiger partial charge on any atom is 0.256 e. The minimum atomic E-state index is -0.506. The number of aliphatic imine (C=N–C) groups is 1. The number of likely N-dealkylation sites (N-methyl/N-ethyl adjacent to an activating group) is 1. The summed E-state index contributed by atoms with van der Waals surface area (Å²) >= 11 is 0. The molecule has 1 unspecified atom stereocenters. The van der Waals surface area contributed by atoms with Crippen LogP contribution in [0.5, 0.6) is 0 Å². The Balaban J connectivity index is 1.63. The number of nitrogens with one attached hydrogen (secondary N) is 1. The molecule has 1 aliphatic carbocycles. The molecule has 0 saturated carbocycles. The highest BCUT2D eigenvalue weighted by molar-refractivity contribution is 6.09. The summed E-state index contributed by atoms with van der Waals surface area (Å²) in [6.45, 7) is 3.51. The molecule has 3 atom stereocenters. The summed E-state index contributed by atoms with van der Waals surface area (Å²) in [4.78, 5) is 21.9. The third-order valence-corrected chi connectivity index (χ3v) is 5.87. The molecule has 1 N–H and O–H groups in total. The predicted molar refractivity (Wildman–Crippen MR) is 104 cm³/mol. The van der Waals surface area contributed by atoms with E-state index >= 15 is 0 Å². The van der Waals surface area contributed by atoms with E-state index in [1.165, 1.54) is 12.1 Å². The van der Waals surface area contributed by atoms with E-state index in [-0.39, 0.29) is 23.7 Å².